The van der Waals surface area contributed by atoms with E-state index in [9.17, 15) is 4.79 Å². The average molecular weight is 226 g/mol. The summed E-state index contributed by atoms with van der Waals surface area (Å²) in [4.78, 5) is 14.4. The first-order valence-electron chi connectivity index (χ1n) is 6.25. The minimum absolute atomic E-state index is 0.153. The predicted molar refractivity (Wildman–Crippen MR) is 61.9 cm³/mol. The lowest BCUT2D eigenvalue weighted by Crippen LogP contribution is -2.54. The Labute approximate surface area is 97.1 Å². The van der Waals surface area contributed by atoms with Gasteiger partial charge in [0.2, 0.25) is 5.91 Å². The minimum atomic E-state index is -0.218. The van der Waals surface area contributed by atoms with E-state index in [1.54, 1.807) is 0 Å². The first-order valence-corrected chi connectivity index (χ1v) is 6.25. The molecular weight excluding hydrogens is 204 g/mol. The Hall–Kier alpha value is -0.610. The lowest BCUT2D eigenvalue weighted by atomic mass is 10.0. The van der Waals surface area contributed by atoms with Crippen molar-refractivity contribution in [2.75, 3.05) is 19.7 Å². The monoisotopic (exact) mass is 226 g/mol. The predicted octanol–water partition coefficient (Wildman–Crippen LogP) is 0.751. The molecule has 0 bridgehead atoms. The van der Waals surface area contributed by atoms with Crippen molar-refractivity contribution in [1.29, 1.82) is 0 Å². The Balaban J connectivity index is 2.07. The van der Waals surface area contributed by atoms with Crippen molar-refractivity contribution in [3.63, 3.8) is 0 Å². The number of hydrogen-bond acceptors (Lipinski definition) is 3. The summed E-state index contributed by atoms with van der Waals surface area (Å²) in [7, 11) is 0. The molecule has 0 aromatic rings. The summed E-state index contributed by atoms with van der Waals surface area (Å²) in [6.07, 6.45) is 3.04. The summed E-state index contributed by atoms with van der Waals surface area (Å²) in [5, 5.41) is 0. The lowest BCUT2D eigenvalue weighted by Gasteiger charge is -2.40. The molecule has 2 atom stereocenters. The van der Waals surface area contributed by atoms with E-state index in [4.69, 9.17) is 10.5 Å². The Bertz CT molecular complexity index is 276. The molecule has 0 radical (unpaired) electrons. The zero-order chi connectivity index (χ0) is 11.8. The van der Waals surface area contributed by atoms with E-state index in [1.807, 2.05) is 11.8 Å². The van der Waals surface area contributed by atoms with Crippen LogP contribution in [0.4, 0.5) is 0 Å². The van der Waals surface area contributed by atoms with E-state index in [1.165, 1.54) is 0 Å². The second-order valence-electron chi connectivity index (χ2n) is 5.15. The number of nitrogens with zero attached hydrogens (tertiary/aromatic N) is 1. The van der Waals surface area contributed by atoms with Gasteiger partial charge in [-0.15, -0.1) is 0 Å². The molecule has 1 saturated heterocycles. The SMILES string of the molecule is CCC1COC(C)CN1C(=O)C1(CN)CC1. The number of morpholine rings is 1. The largest absolute Gasteiger partial charge is 0.375 e. The Morgan fingerprint density at radius 3 is 2.75 bits per heavy atom. The Kier molecular flexibility index (Phi) is 3.22. The fraction of sp³-hybridized carbons (Fsp3) is 0.917. The highest BCUT2D eigenvalue weighted by Crippen LogP contribution is 2.46. The van der Waals surface area contributed by atoms with Crippen LogP contribution in [0.15, 0.2) is 0 Å². The van der Waals surface area contributed by atoms with Crippen LogP contribution in [0.2, 0.25) is 0 Å². The summed E-state index contributed by atoms with van der Waals surface area (Å²) in [6.45, 7) is 6.01. The average Bonchev–Trinajstić information content (AvgIpc) is 3.09. The van der Waals surface area contributed by atoms with Crippen LogP contribution in [0.3, 0.4) is 0 Å². The van der Waals surface area contributed by atoms with E-state index in [2.05, 4.69) is 6.92 Å². The standard InChI is InChI=1S/C12H22N2O2/c1-3-10-7-16-9(2)6-14(10)11(15)12(8-13)4-5-12/h9-10H,3-8,13H2,1-2H3. The molecule has 2 fully saturated rings. The van der Waals surface area contributed by atoms with Gasteiger partial charge < -0.3 is 15.4 Å². The molecule has 4 nitrogen and oxygen atoms in total. The number of hydrogen-bond donors (Lipinski definition) is 1. The molecule has 2 aliphatic rings. The van der Waals surface area contributed by atoms with Gasteiger partial charge >= 0.3 is 0 Å². The molecule has 4 heteroatoms. The first kappa shape index (κ1) is 11.9. The van der Waals surface area contributed by atoms with Crippen molar-refractivity contribution in [2.45, 2.75) is 45.3 Å². The molecular formula is C12H22N2O2. The van der Waals surface area contributed by atoms with Crippen molar-refractivity contribution in [3.8, 4) is 0 Å². The van der Waals surface area contributed by atoms with E-state index in [-0.39, 0.29) is 23.5 Å². The summed E-state index contributed by atoms with van der Waals surface area (Å²) in [6, 6.07) is 0.243. The Morgan fingerprint density at radius 2 is 2.25 bits per heavy atom. The van der Waals surface area contributed by atoms with Gasteiger partial charge in [-0.2, -0.15) is 0 Å². The van der Waals surface area contributed by atoms with Crippen LogP contribution in [-0.2, 0) is 9.53 Å². The number of amides is 1. The summed E-state index contributed by atoms with van der Waals surface area (Å²) in [5.74, 6) is 0.261. The molecule has 92 valence electrons. The second kappa shape index (κ2) is 4.34. The first-order chi connectivity index (χ1) is 7.63. The number of rotatable bonds is 3. The number of ether oxygens (including phenoxy) is 1. The van der Waals surface area contributed by atoms with Gasteiger partial charge in [0, 0.05) is 13.1 Å². The smallest absolute Gasteiger partial charge is 0.230 e. The normalized spacial score (nSPS) is 32.6. The molecule has 0 aromatic heterocycles. The van der Waals surface area contributed by atoms with E-state index >= 15 is 0 Å². The highest BCUT2D eigenvalue weighted by atomic mass is 16.5. The molecule has 1 amide bonds. The van der Waals surface area contributed by atoms with Crippen molar-refractivity contribution in [1.82, 2.24) is 4.90 Å². The third-order valence-corrected chi connectivity index (χ3v) is 3.90. The third-order valence-electron chi connectivity index (χ3n) is 3.90. The fourth-order valence-corrected chi connectivity index (χ4v) is 2.39. The molecule has 1 aliphatic heterocycles. The molecule has 1 aliphatic carbocycles. The maximum absolute atomic E-state index is 12.4. The van der Waals surface area contributed by atoms with Crippen LogP contribution in [0, 0.1) is 5.41 Å². The van der Waals surface area contributed by atoms with Crippen LogP contribution >= 0.6 is 0 Å². The molecule has 0 spiro atoms. The van der Waals surface area contributed by atoms with Crippen molar-refractivity contribution < 1.29 is 9.53 Å². The van der Waals surface area contributed by atoms with Gasteiger partial charge in [0.15, 0.2) is 0 Å². The molecule has 2 N–H and O–H groups in total. The fourth-order valence-electron chi connectivity index (χ4n) is 2.39. The maximum atomic E-state index is 12.4. The second-order valence-corrected chi connectivity index (χ2v) is 5.15. The van der Waals surface area contributed by atoms with Gasteiger partial charge in [-0.1, -0.05) is 6.92 Å². The summed E-state index contributed by atoms with van der Waals surface area (Å²) >= 11 is 0. The van der Waals surface area contributed by atoms with Gasteiger partial charge in [-0.25, -0.2) is 0 Å². The molecule has 1 saturated carbocycles. The van der Waals surface area contributed by atoms with Gasteiger partial charge in [0.25, 0.3) is 0 Å². The highest BCUT2D eigenvalue weighted by Gasteiger charge is 2.52. The van der Waals surface area contributed by atoms with Crippen molar-refractivity contribution in [3.05, 3.63) is 0 Å². The lowest BCUT2D eigenvalue weighted by molar-refractivity contribution is -0.149. The van der Waals surface area contributed by atoms with Crippen molar-refractivity contribution in [2.24, 2.45) is 11.1 Å². The third kappa shape index (κ3) is 1.96. The van der Waals surface area contributed by atoms with Crippen LogP contribution < -0.4 is 5.73 Å². The molecule has 2 unspecified atom stereocenters. The number of carbonyl (C=O) groups is 1. The van der Waals surface area contributed by atoms with Crippen molar-refractivity contribution >= 4 is 5.91 Å². The zero-order valence-electron chi connectivity index (χ0n) is 10.2. The van der Waals surface area contributed by atoms with Gasteiger partial charge in [0.05, 0.1) is 24.2 Å². The van der Waals surface area contributed by atoms with Gasteiger partial charge in [-0.3, -0.25) is 4.79 Å². The quantitative estimate of drug-likeness (QED) is 0.772. The van der Waals surface area contributed by atoms with Crippen LogP contribution in [0.5, 0.6) is 0 Å². The molecule has 2 rings (SSSR count). The molecule has 0 aromatic carbocycles. The van der Waals surface area contributed by atoms with Crippen LogP contribution in [-0.4, -0.2) is 42.6 Å². The van der Waals surface area contributed by atoms with Crippen LogP contribution in [0.1, 0.15) is 33.1 Å². The topological polar surface area (TPSA) is 55.6 Å². The molecule has 16 heavy (non-hydrogen) atoms. The molecule has 1 heterocycles. The van der Waals surface area contributed by atoms with Crippen LogP contribution in [0.25, 0.3) is 0 Å². The zero-order valence-corrected chi connectivity index (χ0v) is 10.2. The van der Waals surface area contributed by atoms with E-state index < -0.39 is 0 Å². The summed E-state index contributed by atoms with van der Waals surface area (Å²) in [5.41, 5.74) is 5.50. The van der Waals surface area contributed by atoms with Gasteiger partial charge in [0.1, 0.15) is 0 Å². The Morgan fingerprint density at radius 1 is 1.56 bits per heavy atom. The van der Waals surface area contributed by atoms with Gasteiger partial charge in [-0.05, 0) is 26.2 Å². The number of carbonyl (C=O) groups excluding carboxylic acids is 1. The highest BCUT2D eigenvalue weighted by molar-refractivity contribution is 5.86. The summed E-state index contributed by atoms with van der Waals surface area (Å²) < 4.78 is 5.60. The minimum Gasteiger partial charge on any atom is -0.375 e. The maximum Gasteiger partial charge on any atom is 0.230 e. The van der Waals surface area contributed by atoms with E-state index in [0.717, 1.165) is 25.8 Å². The van der Waals surface area contributed by atoms with E-state index in [0.29, 0.717) is 13.2 Å². The number of nitrogens with two attached hydrogens (primary N) is 1.